The number of aliphatic hydroxyl groups excluding tert-OH is 2. The Balaban J connectivity index is 0.000000230. The van der Waals surface area contributed by atoms with Crippen LogP contribution in [0, 0.1) is 16.7 Å². The lowest BCUT2D eigenvalue weighted by Gasteiger charge is -2.39. The lowest BCUT2D eigenvalue weighted by atomic mass is 9.73. The third-order valence-electron chi connectivity index (χ3n) is 6.97. The number of nitrogens with one attached hydrogen (secondary N) is 1. The molecule has 1 saturated heterocycles. The Kier molecular flexibility index (Phi) is 11.8. The zero-order valence-corrected chi connectivity index (χ0v) is 23.1. The van der Waals surface area contributed by atoms with Gasteiger partial charge in [0.25, 0.3) is 5.91 Å². The SMILES string of the molecule is CNCCc1cc(Cc2ccccc2)cs1.N#CC1(C2=CC=CCC=C2)CCN(C(=O)C(O)C(O)C=O)CC1. The molecule has 206 valence electrons. The van der Waals surface area contributed by atoms with Crippen LogP contribution in [0.25, 0.3) is 0 Å². The number of likely N-dealkylation sites (N-methyl/N-ethyl adjacent to an activating group) is 1. The van der Waals surface area contributed by atoms with Crippen molar-refractivity contribution in [2.24, 2.45) is 5.41 Å². The summed E-state index contributed by atoms with van der Waals surface area (Å²) in [7, 11) is 2.00. The van der Waals surface area contributed by atoms with Gasteiger partial charge in [0.2, 0.25) is 0 Å². The highest BCUT2D eigenvalue weighted by atomic mass is 32.1. The van der Waals surface area contributed by atoms with E-state index in [4.69, 9.17) is 0 Å². The van der Waals surface area contributed by atoms with Gasteiger partial charge in [-0.15, -0.1) is 11.3 Å². The van der Waals surface area contributed by atoms with E-state index in [1.54, 1.807) is 0 Å². The van der Waals surface area contributed by atoms with Crippen molar-refractivity contribution in [3.63, 3.8) is 0 Å². The fraction of sp³-hybridized carbons (Fsp3) is 0.387. The first kappa shape index (κ1) is 30.2. The van der Waals surface area contributed by atoms with Crippen molar-refractivity contribution >= 4 is 23.5 Å². The number of nitriles is 1. The van der Waals surface area contributed by atoms with Gasteiger partial charge in [-0.2, -0.15) is 5.26 Å². The molecule has 1 aromatic heterocycles. The zero-order valence-electron chi connectivity index (χ0n) is 22.3. The van der Waals surface area contributed by atoms with Crippen LogP contribution in [-0.4, -0.2) is 66.2 Å². The van der Waals surface area contributed by atoms with Gasteiger partial charge >= 0.3 is 0 Å². The fourth-order valence-corrected chi connectivity index (χ4v) is 5.50. The first-order valence-electron chi connectivity index (χ1n) is 13.2. The first-order valence-corrected chi connectivity index (χ1v) is 14.1. The van der Waals surface area contributed by atoms with Crippen LogP contribution >= 0.6 is 11.3 Å². The van der Waals surface area contributed by atoms with Crippen LogP contribution in [0.2, 0.25) is 0 Å². The van der Waals surface area contributed by atoms with Crippen molar-refractivity contribution in [3.8, 4) is 6.07 Å². The van der Waals surface area contributed by atoms with Gasteiger partial charge in [0.05, 0.1) is 11.5 Å². The molecule has 39 heavy (non-hydrogen) atoms. The Morgan fingerprint density at radius 2 is 1.95 bits per heavy atom. The molecule has 2 unspecified atom stereocenters. The third kappa shape index (κ3) is 8.57. The van der Waals surface area contributed by atoms with Gasteiger partial charge < -0.3 is 25.2 Å². The van der Waals surface area contributed by atoms with E-state index >= 15 is 0 Å². The van der Waals surface area contributed by atoms with Crippen LogP contribution in [0.1, 0.15) is 35.3 Å². The van der Waals surface area contributed by atoms with E-state index in [0.29, 0.717) is 25.9 Å². The standard InChI is InChI=1S/C17H20N2O4.C14H17NS/c18-12-17(13-5-3-1-2-4-6-13)7-9-19(10-8-17)16(23)15(22)14(21)11-20;1-15-8-7-14-10-13(11-16-14)9-12-5-3-2-4-6-12/h1,3-6,11,14-15,21-22H,2,7-10H2;2-6,10-11,15H,7-9H2,1H3. The van der Waals surface area contributed by atoms with Gasteiger partial charge in [-0.05, 0) is 73.8 Å². The molecule has 1 aromatic carbocycles. The largest absolute Gasteiger partial charge is 0.382 e. The molecule has 2 aliphatic rings. The predicted octanol–water partition coefficient (Wildman–Crippen LogP) is 3.58. The number of rotatable bonds is 9. The molecule has 1 amide bonds. The molecule has 2 heterocycles. The maximum absolute atomic E-state index is 12.1. The number of carbonyl (C=O) groups is 2. The predicted molar refractivity (Wildman–Crippen MR) is 154 cm³/mol. The molecule has 7 nitrogen and oxygen atoms in total. The third-order valence-corrected chi connectivity index (χ3v) is 8.02. The van der Waals surface area contributed by atoms with Gasteiger partial charge in [0.15, 0.2) is 12.4 Å². The maximum Gasteiger partial charge on any atom is 0.254 e. The Bertz CT molecular complexity index is 1200. The van der Waals surface area contributed by atoms with Crippen LogP contribution in [0.5, 0.6) is 0 Å². The summed E-state index contributed by atoms with van der Waals surface area (Å²) < 4.78 is 0. The molecule has 4 rings (SSSR count). The highest BCUT2D eigenvalue weighted by molar-refractivity contribution is 7.10. The number of hydrogen-bond acceptors (Lipinski definition) is 7. The summed E-state index contributed by atoms with van der Waals surface area (Å²) in [6.07, 6.45) is 10.4. The monoisotopic (exact) mass is 547 g/mol. The molecular formula is C31H37N3O4S. The van der Waals surface area contributed by atoms with E-state index in [-0.39, 0.29) is 6.29 Å². The summed E-state index contributed by atoms with van der Waals surface area (Å²) in [6, 6.07) is 15.3. The van der Waals surface area contributed by atoms with Crippen molar-refractivity contribution < 1.29 is 19.8 Å². The molecule has 0 saturated carbocycles. The molecule has 3 N–H and O–H groups in total. The minimum Gasteiger partial charge on any atom is -0.382 e. The molecule has 0 bridgehead atoms. The van der Waals surface area contributed by atoms with Crippen LogP contribution in [0.4, 0.5) is 0 Å². The number of allylic oxidation sites excluding steroid dienone is 6. The second-order valence-corrected chi connectivity index (χ2v) is 10.7. The number of aliphatic hydroxyl groups is 2. The molecule has 1 aliphatic heterocycles. The van der Waals surface area contributed by atoms with E-state index in [1.165, 1.54) is 20.9 Å². The van der Waals surface area contributed by atoms with Crippen LogP contribution in [0.3, 0.4) is 0 Å². The maximum atomic E-state index is 12.1. The number of likely N-dealkylation sites (tertiary alicyclic amines) is 1. The number of carbonyl (C=O) groups excluding carboxylic acids is 2. The second kappa shape index (κ2) is 15.3. The van der Waals surface area contributed by atoms with Crippen LogP contribution in [-0.2, 0) is 22.4 Å². The summed E-state index contributed by atoms with van der Waals surface area (Å²) in [6.45, 7) is 1.65. The van der Waals surface area contributed by atoms with Gasteiger partial charge in [0.1, 0.15) is 6.10 Å². The number of amides is 1. The molecule has 0 spiro atoms. The molecule has 0 radical (unpaired) electrons. The van der Waals surface area contributed by atoms with Crippen molar-refractivity contribution in [1.82, 2.24) is 10.2 Å². The highest BCUT2D eigenvalue weighted by Gasteiger charge is 2.40. The van der Waals surface area contributed by atoms with Crippen molar-refractivity contribution in [2.45, 2.75) is 44.3 Å². The van der Waals surface area contributed by atoms with Gasteiger partial charge in [-0.1, -0.05) is 60.7 Å². The molecule has 1 fully saturated rings. The minimum absolute atomic E-state index is 0.138. The second-order valence-electron chi connectivity index (χ2n) is 9.72. The highest BCUT2D eigenvalue weighted by Crippen LogP contribution is 2.39. The quantitative estimate of drug-likeness (QED) is 0.414. The number of piperidine rings is 1. The molecule has 1 aliphatic carbocycles. The summed E-state index contributed by atoms with van der Waals surface area (Å²) >= 11 is 1.87. The van der Waals surface area contributed by atoms with Gasteiger partial charge in [0, 0.05) is 18.0 Å². The van der Waals surface area contributed by atoms with Crippen molar-refractivity contribution in [2.75, 3.05) is 26.7 Å². The molecule has 2 atom stereocenters. The Hall–Kier alpha value is -3.35. The summed E-state index contributed by atoms with van der Waals surface area (Å²) in [4.78, 5) is 25.4. The average Bonchev–Trinajstić information content (AvgIpc) is 3.24. The Morgan fingerprint density at radius 3 is 2.62 bits per heavy atom. The Labute approximate surface area is 234 Å². The van der Waals surface area contributed by atoms with Crippen molar-refractivity contribution in [3.05, 3.63) is 93.7 Å². The fourth-order valence-electron chi connectivity index (χ4n) is 4.61. The van der Waals surface area contributed by atoms with E-state index in [9.17, 15) is 25.1 Å². The normalized spacial score (nSPS) is 17.6. The topological polar surface area (TPSA) is 114 Å². The summed E-state index contributed by atoms with van der Waals surface area (Å²) in [5, 5.41) is 34.0. The summed E-state index contributed by atoms with van der Waals surface area (Å²) in [5.41, 5.74) is 3.09. The number of aldehydes is 1. The van der Waals surface area contributed by atoms with E-state index < -0.39 is 23.5 Å². The van der Waals surface area contributed by atoms with Gasteiger partial charge in [-0.25, -0.2) is 0 Å². The number of nitrogens with zero attached hydrogens (tertiary/aromatic N) is 2. The average molecular weight is 548 g/mol. The minimum atomic E-state index is -1.75. The number of thiophene rings is 1. The Morgan fingerprint density at radius 1 is 1.21 bits per heavy atom. The lowest BCUT2D eigenvalue weighted by molar-refractivity contribution is -0.150. The smallest absolute Gasteiger partial charge is 0.254 e. The molecule has 2 aromatic rings. The molecule has 8 heteroatoms. The summed E-state index contributed by atoms with van der Waals surface area (Å²) in [5.74, 6) is -0.679. The first-order chi connectivity index (χ1) is 18.9. The lowest BCUT2D eigenvalue weighted by Crippen LogP contribution is -2.50. The van der Waals surface area contributed by atoms with E-state index in [0.717, 1.165) is 31.4 Å². The molecular weight excluding hydrogens is 510 g/mol. The van der Waals surface area contributed by atoms with E-state index in [2.05, 4.69) is 53.2 Å². The zero-order chi connectivity index (χ0) is 28.1. The van der Waals surface area contributed by atoms with Crippen LogP contribution < -0.4 is 5.32 Å². The van der Waals surface area contributed by atoms with Gasteiger partial charge in [-0.3, -0.25) is 4.79 Å². The number of benzene rings is 1. The van der Waals surface area contributed by atoms with Crippen LogP contribution in [0.15, 0.2) is 77.7 Å². The van der Waals surface area contributed by atoms with E-state index in [1.807, 2.05) is 48.8 Å². The number of hydrogen-bond donors (Lipinski definition) is 3. The van der Waals surface area contributed by atoms with Crippen molar-refractivity contribution in [1.29, 1.82) is 5.26 Å².